The lowest BCUT2D eigenvalue weighted by Gasteiger charge is -2.27. The maximum Gasteiger partial charge on any atom is 0.404 e. The molecule has 0 aliphatic heterocycles. The molecule has 0 spiro atoms. The van der Waals surface area contributed by atoms with Gasteiger partial charge in [0.15, 0.2) is 0 Å². The monoisotopic (exact) mass is 246 g/mol. The molecular formula is C11H22N2O4. The van der Waals surface area contributed by atoms with E-state index in [0.29, 0.717) is 19.6 Å². The predicted molar refractivity (Wildman–Crippen MR) is 63.2 cm³/mol. The second kappa shape index (κ2) is 6.98. The van der Waals surface area contributed by atoms with Gasteiger partial charge in [-0.1, -0.05) is 20.8 Å². The topological polar surface area (TPSA) is 105 Å². The quantitative estimate of drug-likeness (QED) is 0.712. The van der Waals surface area contributed by atoms with Crippen molar-refractivity contribution in [2.24, 2.45) is 22.8 Å². The number of hydrogen-bond acceptors (Lipinski definition) is 4. The molecule has 0 fully saturated rings. The van der Waals surface area contributed by atoms with Crippen LogP contribution in [0, 0.1) is 11.3 Å². The smallest absolute Gasteiger partial charge is 0.404 e. The molecule has 0 aromatic rings. The molecule has 2 amide bonds. The van der Waals surface area contributed by atoms with Gasteiger partial charge in [-0.15, -0.1) is 0 Å². The van der Waals surface area contributed by atoms with Crippen LogP contribution in [0.4, 0.5) is 9.59 Å². The molecule has 0 aromatic heterocycles. The SMILES string of the molecule is CC(COC(N)=O)CC(C)(C)CCOC(N)=O. The number of primary amides is 2. The molecule has 1 unspecified atom stereocenters. The minimum absolute atomic E-state index is 0.0180. The number of nitrogens with two attached hydrogens (primary N) is 2. The van der Waals surface area contributed by atoms with E-state index in [1.165, 1.54) is 0 Å². The molecule has 4 N–H and O–H groups in total. The van der Waals surface area contributed by atoms with Crippen molar-refractivity contribution in [1.82, 2.24) is 0 Å². The van der Waals surface area contributed by atoms with E-state index < -0.39 is 12.2 Å². The van der Waals surface area contributed by atoms with Crippen LogP contribution in [0.15, 0.2) is 0 Å². The van der Waals surface area contributed by atoms with Crippen LogP contribution in [0.3, 0.4) is 0 Å². The largest absolute Gasteiger partial charge is 0.450 e. The fraction of sp³-hybridized carbons (Fsp3) is 0.818. The van der Waals surface area contributed by atoms with Crippen LogP contribution in [0.1, 0.15) is 33.6 Å². The summed E-state index contributed by atoms with van der Waals surface area (Å²) in [5.74, 6) is 0.200. The van der Waals surface area contributed by atoms with Gasteiger partial charge in [0.25, 0.3) is 0 Å². The van der Waals surface area contributed by atoms with Crippen LogP contribution in [0.2, 0.25) is 0 Å². The molecule has 0 aliphatic rings. The van der Waals surface area contributed by atoms with Crippen molar-refractivity contribution in [2.75, 3.05) is 13.2 Å². The first-order valence-electron chi connectivity index (χ1n) is 5.57. The second-order valence-corrected chi connectivity index (χ2v) is 5.02. The van der Waals surface area contributed by atoms with Crippen molar-refractivity contribution in [1.29, 1.82) is 0 Å². The first-order chi connectivity index (χ1) is 7.73. The van der Waals surface area contributed by atoms with Crippen LogP contribution in [0.5, 0.6) is 0 Å². The molecular weight excluding hydrogens is 224 g/mol. The van der Waals surface area contributed by atoms with Gasteiger partial charge in [-0.25, -0.2) is 9.59 Å². The van der Waals surface area contributed by atoms with E-state index in [4.69, 9.17) is 20.9 Å². The van der Waals surface area contributed by atoms with Crippen LogP contribution in [0.25, 0.3) is 0 Å². The number of carbonyl (C=O) groups excluding carboxylic acids is 2. The van der Waals surface area contributed by atoms with E-state index >= 15 is 0 Å². The molecule has 6 nitrogen and oxygen atoms in total. The second-order valence-electron chi connectivity index (χ2n) is 5.02. The Labute approximate surface area is 102 Å². The highest BCUT2D eigenvalue weighted by Crippen LogP contribution is 2.29. The summed E-state index contributed by atoms with van der Waals surface area (Å²) in [6, 6.07) is 0. The summed E-state index contributed by atoms with van der Waals surface area (Å²) in [6.45, 7) is 6.68. The van der Waals surface area contributed by atoms with E-state index in [2.05, 4.69) is 13.8 Å². The first-order valence-corrected chi connectivity index (χ1v) is 5.57. The van der Waals surface area contributed by atoms with Crippen molar-refractivity contribution in [2.45, 2.75) is 33.6 Å². The molecule has 6 heteroatoms. The van der Waals surface area contributed by atoms with Gasteiger partial charge in [0, 0.05) is 0 Å². The summed E-state index contributed by atoms with van der Waals surface area (Å²) in [5, 5.41) is 0. The van der Waals surface area contributed by atoms with Crippen molar-refractivity contribution < 1.29 is 19.1 Å². The number of amides is 2. The zero-order valence-electron chi connectivity index (χ0n) is 10.7. The summed E-state index contributed by atoms with van der Waals surface area (Å²) in [5.41, 5.74) is 9.74. The molecule has 100 valence electrons. The zero-order chi connectivity index (χ0) is 13.5. The lowest BCUT2D eigenvalue weighted by Crippen LogP contribution is -2.24. The van der Waals surface area contributed by atoms with Gasteiger partial charge in [0.1, 0.15) is 0 Å². The Morgan fingerprint density at radius 3 is 2.18 bits per heavy atom. The summed E-state index contributed by atoms with van der Waals surface area (Å²) in [4.78, 5) is 20.9. The lowest BCUT2D eigenvalue weighted by atomic mass is 9.81. The summed E-state index contributed by atoms with van der Waals surface area (Å²) in [7, 11) is 0. The highest BCUT2D eigenvalue weighted by Gasteiger charge is 2.22. The maximum atomic E-state index is 10.4. The normalized spacial score (nSPS) is 12.9. The molecule has 17 heavy (non-hydrogen) atoms. The van der Waals surface area contributed by atoms with Gasteiger partial charge in [-0.3, -0.25) is 0 Å². The van der Waals surface area contributed by atoms with Crippen molar-refractivity contribution in [3.05, 3.63) is 0 Å². The average molecular weight is 246 g/mol. The fourth-order valence-electron chi connectivity index (χ4n) is 1.76. The van der Waals surface area contributed by atoms with Crippen molar-refractivity contribution in [3.8, 4) is 0 Å². The van der Waals surface area contributed by atoms with Gasteiger partial charge in [-0.2, -0.15) is 0 Å². The van der Waals surface area contributed by atoms with Gasteiger partial charge in [0.05, 0.1) is 13.2 Å². The first kappa shape index (κ1) is 15.5. The molecule has 1 atom stereocenters. The summed E-state index contributed by atoms with van der Waals surface area (Å²) < 4.78 is 9.42. The summed E-state index contributed by atoms with van der Waals surface area (Å²) >= 11 is 0. The van der Waals surface area contributed by atoms with Crippen LogP contribution >= 0.6 is 0 Å². The Bertz CT molecular complexity index is 266. The third-order valence-electron chi connectivity index (χ3n) is 2.43. The van der Waals surface area contributed by atoms with Gasteiger partial charge >= 0.3 is 12.2 Å². The number of carbonyl (C=O) groups is 2. The van der Waals surface area contributed by atoms with Gasteiger partial charge < -0.3 is 20.9 Å². The predicted octanol–water partition coefficient (Wildman–Crippen LogP) is 1.62. The third-order valence-corrected chi connectivity index (χ3v) is 2.43. The Hall–Kier alpha value is -1.46. The zero-order valence-corrected chi connectivity index (χ0v) is 10.7. The molecule has 0 bridgehead atoms. The lowest BCUT2D eigenvalue weighted by molar-refractivity contribution is 0.106. The molecule has 0 aromatic carbocycles. The van der Waals surface area contributed by atoms with Gasteiger partial charge in [0.2, 0.25) is 0 Å². The van der Waals surface area contributed by atoms with Gasteiger partial charge in [-0.05, 0) is 24.2 Å². The fourth-order valence-corrected chi connectivity index (χ4v) is 1.76. The highest BCUT2D eigenvalue weighted by atomic mass is 16.5. The number of rotatable bonds is 7. The molecule has 0 aliphatic carbocycles. The van der Waals surface area contributed by atoms with E-state index in [1.54, 1.807) is 0 Å². The minimum atomic E-state index is -0.758. The molecule has 0 radical (unpaired) electrons. The van der Waals surface area contributed by atoms with Crippen LogP contribution in [-0.2, 0) is 9.47 Å². The third kappa shape index (κ3) is 9.47. The van der Waals surface area contributed by atoms with E-state index in [-0.39, 0.29) is 11.3 Å². The Morgan fingerprint density at radius 1 is 1.18 bits per heavy atom. The minimum Gasteiger partial charge on any atom is -0.450 e. The van der Waals surface area contributed by atoms with Crippen LogP contribution in [-0.4, -0.2) is 25.4 Å². The Balaban J connectivity index is 3.89. The van der Waals surface area contributed by atoms with Crippen LogP contribution < -0.4 is 11.5 Å². The molecule has 0 saturated heterocycles. The molecule has 0 heterocycles. The number of ether oxygens (including phenoxy) is 2. The van der Waals surface area contributed by atoms with Crippen molar-refractivity contribution >= 4 is 12.2 Å². The average Bonchev–Trinajstić information content (AvgIpc) is 2.12. The summed E-state index contributed by atoms with van der Waals surface area (Å²) in [6.07, 6.45) is 0.0248. The molecule has 0 saturated carbocycles. The standard InChI is InChI=1S/C11H22N2O4/c1-8(7-17-10(13)15)6-11(2,3)4-5-16-9(12)14/h8H,4-7H2,1-3H3,(H2,12,14)(H2,13,15). The Morgan fingerprint density at radius 2 is 1.71 bits per heavy atom. The maximum absolute atomic E-state index is 10.4. The van der Waals surface area contributed by atoms with E-state index in [9.17, 15) is 9.59 Å². The number of hydrogen-bond donors (Lipinski definition) is 2. The Kier molecular flexibility index (Phi) is 6.38. The van der Waals surface area contributed by atoms with Crippen molar-refractivity contribution in [3.63, 3.8) is 0 Å². The molecule has 0 rings (SSSR count). The highest BCUT2D eigenvalue weighted by molar-refractivity contribution is 5.64. The van der Waals surface area contributed by atoms with E-state index in [1.807, 2.05) is 6.92 Å². The van der Waals surface area contributed by atoms with E-state index in [0.717, 1.165) is 6.42 Å².